The summed E-state index contributed by atoms with van der Waals surface area (Å²) in [6, 6.07) is 17.6. The molecule has 0 unspecified atom stereocenters. The van der Waals surface area contributed by atoms with E-state index in [-0.39, 0.29) is 5.75 Å². The summed E-state index contributed by atoms with van der Waals surface area (Å²) in [5.74, 6) is 0.769. The van der Waals surface area contributed by atoms with E-state index in [1.165, 1.54) is 5.56 Å². The van der Waals surface area contributed by atoms with E-state index in [1.54, 1.807) is 18.4 Å². The van der Waals surface area contributed by atoms with Gasteiger partial charge in [-0.25, -0.2) is 4.99 Å². The van der Waals surface area contributed by atoms with Crippen molar-refractivity contribution in [1.29, 1.82) is 0 Å². The Balaban J connectivity index is 1.91. The van der Waals surface area contributed by atoms with Crippen molar-refractivity contribution in [3.8, 4) is 5.75 Å². The molecule has 0 aliphatic heterocycles. The predicted molar refractivity (Wildman–Crippen MR) is 118 cm³/mol. The Labute approximate surface area is 171 Å². The Morgan fingerprint density at radius 1 is 1.14 bits per heavy atom. The number of aromatic hydroxyl groups is 1. The van der Waals surface area contributed by atoms with Gasteiger partial charge in [-0.15, -0.1) is 0 Å². The lowest BCUT2D eigenvalue weighted by molar-refractivity contribution is 0.421. The van der Waals surface area contributed by atoms with Crippen molar-refractivity contribution in [2.24, 2.45) is 9.98 Å². The maximum absolute atomic E-state index is 9.69. The molecule has 29 heavy (non-hydrogen) atoms. The van der Waals surface area contributed by atoms with Gasteiger partial charge in [0, 0.05) is 18.3 Å². The first kappa shape index (κ1) is 20.3. The van der Waals surface area contributed by atoms with E-state index in [2.05, 4.69) is 34.0 Å². The van der Waals surface area contributed by atoms with Crippen LogP contribution in [0.1, 0.15) is 36.5 Å². The zero-order chi connectivity index (χ0) is 20.5. The monoisotopic (exact) mass is 387 g/mol. The van der Waals surface area contributed by atoms with Crippen LogP contribution in [0.5, 0.6) is 5.75 Å². The minimum Gasteiger partial charge on any atom is -0.508 e. The maximum atomic E-state index is 9.69. The van der Waals surface area contributed by atoms with Gasteiger partial charge in [-0.1, -0.05) is 47.6 Å². The molecule has 2 aromatic carbocycles. The molecule has 0 amide bonds. The van der Waals surface area contributed by atoms with Crippen molar-refractivity contribution in [2.45, 2.75) is 32.6 Å². The minimum absolute atomic E-state index is 0.288. The van der Waals surface area contributed by atoms with Crippen molar-refractivity contribution in [1.82, 2.24) is 5.16 Å². The van der Waals surface area contributed by atoms with Crippen LogP contribution in [0.2, 0.25) is 0 Å². The van der Waals surface area contributed by atoms with Gasteiger partial charge >= 0.3 is 0 Å². The van der Waals surface area contributed by atoms with Crippen LogP contribution >= 0.6 is 0 Å². The highest BCUT2D eigenvalue weighted by atomic mass is 16.5. The van der Waals surface area contributed by atoms with Crippen LogP contribution in [0.3, 0.4) is 0 Å². The fourth-order valence-electron chi connectivity index (χ4n) is 3.34. The highest BCUT2D eigenvalue weighted by Gasteiger charge is 2.16. The van der Waals surface area contributed by atoms with Gasteiger partial charge in [0.25, 0.3) is 0 Å². The van der Waals surface area contributed by atoms with E-state index < -0.39 is 0 Å². The topological polar surface area (TPSA) is 71.0 Å². The van der Waals surface area contributed by atoms with E-state index in [0.29, 0.717) is 12.2 Å². The Morgan fingerprint density at radius 2 is 1.93 bits per heavy atom. The molecular formula is C24H25N3O2. The lowest BCUT2D eigenvalue weighted by Gasteiger charge is -2.12. The molecule has 0 atom stereocenters. The van der Waals surface area contributed by atoms with Gasteiger partial charge in [-0.3, -0.25) is 4.99 Å². The molecule has 1 aromatic heterocycles. The predicted octanol–water partition coefficient (Wildman–Crippen LogP) is 5.78. The molecule has 148 valence electrons. The summed E-state index contributed by atoms with van der Waals surface area (Å²) in [5.41, 5.74) is 5.12. The summed E-state index contributed by atoms with van der Waals surface area (Å²) in [6.07, 6.45) is 6.63. The largest absolute Gasteiger partial charge is 0.508 e. The van der Waals surface area contributed by atoms with Crippen LogP contribution in [0.4, 0.5) is 5.82 Å². The third kappa shape index (κ3) is 5.51. The van der Waals surface area contributed by atoms with Crippen LogP contribution in [0, 0.1) is 0 Å². The lowest BCUT2D eigenvalue weighted by Crippen LogP contribution is -1.97. The standard InChI is InChI=1S/C24H25N3O2/c1-3-26-23(16-19-9-5-4-6-10-19)21(22-17-29-27-24(22)25-2)14-8-12-18-11-7-13-20(28)15-18/h3-7,9-11,13,15,17,28H,2,8,12,14,16H2,1H3/b23-21+,26-3?. The molecular weight excluding hydrogens is 362 g/mol. The number of aromatic nitrogens is 1. The first-order valence-electron chi connectivity index (χ1n) is 9.65. The molecule has 1 heterocycles. The average Bonchev–Trinajstić information content (AvgIpc) is 3.20. The number of aliphatic imine (C=N–C) groups is 2. The van der Waals surface area contributed by atoms with Crippen LogP contribution in [0.15, 0.2) is 81.1 Å². The molecule has 5 nitrogen and oxygen atoms in total. The van der Waals surface area contributed by atoms with Gasteiger partial charge in [0.05, 0.1) is 5.56 Å². The van der Waals surface area contributed by atoms with E-state index in [4.69, 9.17) is 4.52 Å². The van der Waals surface area contributed by atoms with Crippen molar-refractivity contribution in [2.75, 3.05) is 0 Å². The fraction of sp³-hybridized carbons (Fsp3) is 0.208. The molecule has 0 spiro atoms. The zero-order valence-electron chi connectivity index (χ0n) is 16.6. The highest BCUT2D eigenvalue weighted by molar-refractivity contribution is 5.76. The van der Waals surface area contributed by atoms with Crippen LogP contribution in [-0.2, 0) is 12.8 Å². The van der Waals surface area contributed by atoms with Gasteiger partial charge in [0.2, 0.25) is 5.82 Å². The number of allylic oxidation sites excluding steroid dienone is 2. The quantitative estimate of drug-likeness (QED) is 0.473. The molecule has 5 heteroatoms. The summed E-state index contributed by atoms with van der Waals surface area (Å²) >= 11 is 0. The third-order valence-corrected chi connectivity index (χ3v) is 4.68. The molecule has 1 N–H and O–H groups in total. The van der Waals surface area contributed by atoms with Gasteiger partial charge < -0.3 is 9.63 Å². The maximum Gasteiger partial charge on any atom is 0.202 e. The van der Waals surface area contributed by atoms with Crippen LogP contribution < -0.4 is 0 Å². The first-order valence-corrected chi connectivity index (χ1v) is 9.65. The minimum atomic E-state index is 0.288. The SMILES string of the molecule is C=Nc1nocc1/C(CCCc1cccc(O)c1)=C(\Cc1ccccc1)N=CC. The number of rotatable bonds is 9. The second kappa shape index (κ2) is 10.2. The van der Waals surface area contributed by atoms with Gasteiger partial charge in [-0.05, 0) is 61.7 Å². The first-order chi connectivity index (χ1) is 14.2. The van der Waals surface area contributed by atoms with Crippen molar-refractivity contribution in [3.05, 3.63) is 83.2 Å². The molecule has 0 aliphatic carbocycles. The summed E-state index contributed by atoms with van der Waals surface area (Å²) in [5, 5.41) is 13.7. The zero-order valence-corrected chi connectivity index (χ0v) is 16.6. The van der Waals surface area contributed by atoms with Gasteiger partial charge in [0.15, 0.2) is 0 Å². The number of benzene rings is 2. The average molecular weight is 387 g/mol. The van der Waals surface area contributed by atoms with E-state index in [0.717, 1.165) is 41.7 Å². The number of phenolic OH excluding ortho intramolecular Hbond substituents is 1. The summed E-state index contributed by atoms with van der Waals surface area (Å²) in [4.78, 5) is 8.68. The number of hydrogen-bond donors (Lipinski definition) is 1. The second-order valence-corrected chi connectivity index (χ2v) is 6.71. The summed E-state index contributed by atoms with van der Waals surface area (Å²) in [6.45, 7) is 5.52. The van der Waals surface area contributed by atoms with Crippen molar-refractivity contribution in [3.63, 3.8) is 0 Å². The molecule has 0 radical (unpaired) electrons. The fourth-order valence-corrected chi connectivity index (χ4v) is 3.34. The Bertz CT molecular complexity index is 1000. The second-order valence-electron chi connectivity index (χ2n) is 6.71. The Kier molecular flexibility index (Phi) is 7.11. The number of nitrogens with zero attached hydrogens (tertiary/aromatic N) is 3. The van der Waals surface area contributed by atoms with Gasteiger partial charge in [0.1, 0.15) is 12.0 Å². The van der Waals surface area contributed by atoms with Gasteiger partial charge in [-0.2, -0.15) is 0 Å². The number of hydrogen-bond acceptors (Lipinski definition) is 5. The summed E-state index contributed by atoms with van der Waals surface area (Å²) < 4.78 is 5.17. The molecule has 3 rings (SSSR count). The molecule has 3 aromatic rings. The summed E-state index contributed by atoms with van der Waals surface area (Å²) in [7, 11) is 0. The van der Waals surface area contributed by atoms with E-state index >= 15 is 0 Å². The Hall–Kier alpha value is -3.47. The van der Waals surface area contributed by atoms with Crippen LogP contribution in [0.25, 0.3) is 5.57 Å². The van der Waals surface area contributed by atoms with E-state index in [1.807, 2.05) is 43.5 Å². The van der Waals surface area contributed by atoms with E-state index in [9.17, 15) is 5.11 Å². The normalized spacial score (nSPS) is 12.2. The Morgan fingerprint density at radius 3 is 2.66 bits per heavy atom. The lowest BCUT2D eigenvalue weighted by atomic mass is 9.95. The molecule has 0 bridgehead atoms. The molecule has 0 saturated carbocycles. The number of aryl methyl sites for hydroxylation is 1. The molecule has 0 saturated heterocycles. The smallest absolute Gasteiger partial charge is 0.202 e. The molecule has 0 fully saturated rings. The highest BCUT2D eigenvalue weighted by Crippen LogP contribution is 2.33. The third-order valence-electron chi connectivity index (χ3n) is 4.68. The number of phenols is 1. The molecule has 0 aliphatic rings. The van der Waals surface area contributed by atoms with Crippen molar-refractivity contribution >= 4 is 24.3 Å². The van der Waals surface area contributed by atoms with Crippen LogP contribution in [-0.4, -0.2) is 23.2 Å². The van der Waals surface area contributed by atoms with Crippen molar-refractivity contribution < 1.29 is 9.63 Å².